The topological polar surface area (TPSA) is 448 Å². The van der Waals surface area contributed by atoms with Gasteiger partial charge in [0, 0.05) is 0 Å². The Balaban J connectivity index is 1.68. The van der Waals surface area contributed by atoms with Crippen molar-refractivity contribution in [3.8, 4) is 11.5 Å². The first-order valence-electron chi connectivity index (χ1n) is 20.0. The van der Waals surface area contributed by atoms with E-state index in [0.717, 1.165) is 12.2 Å². The number of hydrogen-bond acceptors (Lipinski definition) is 23. The van der Waals surface area contributed by atoms with Crippen LogP contribution >= 0.6 is 0 Å². The number of aliphatic hydroxyl groups excluding tert-OH is 12. The SMILES string of the molecule is O=C(O)C(C1=C(O)C(=C(O)/C=C/c2ccc(O)cc2)C(=O)[C@@](O)([C@@H]2O[C@H](CO)[C@@H](O)[C@H](O)[C@H]2O)C1=O)C1=C(O)C(=C(O)/C=C/c2ccc(O)cc2)C(=O)[C@@](O)([C@@H]2O[C@H](CO)[C@@H](O)[C@H](O)[C@H]2O)C1=O. The molecule has 2 saturated heterocycles. The number of aromatic hydroxyl groups is 2. The Kier molecular flexibility index (Phi) is 14.3. The molecule has 0 amide bonds. The van der Waals surface area contributed by atoms with Gasteiger partial charge in [-0.15, -0.1) is 0 Å². The van der Waals surface area contributed by atoms with Gasteiger partial charge in [0.2, 0.25) is 34.3 Å². The van der Waals surface area contributed by atoms with E-state index in [0.29, 0.717) is 12.2 Å². The third-order valence-electron chi connectivity index (χ3n) is 11.9. The summed E-state index contributed by atoms with van der Waals surface area (Å²) < 4.78 is 10.6. The van der Waals surface area contributed by atoms with Gasteiger partial charge in [0.25, 0.3) is 0 Å². The van der Waals surface area contributed by atoms with E-state index >= 15 is 0 Å². The van der Waals surface area contributed by atoms with Crippen LogP contribution in [0.15, 0.2) is 106 Å². The highest BCUT2D eigenvalue weighted by molar-refractivity contribution is 6.32. The van der Waals surface area contributed by atoms with Crippen LogP contribution in [0.3, 0.4) is 0 Å². The molecule has 2 aromatic carbocycles. The van der Waals surface area contributed by atoms with E-state index in [-0.39, 0.29) is 22.6 Å². The van der Waals surface area contributed by atoms with Crippen molar-refractivity contribution in [2.24, 2.45) is 5.92 Å². The zero-order chi connectivity index (χ0) is 50.5. The van der Waals surface area contributed by atoms with Crippen molar-refractivity contribution in [3.63, 3.8) is 0 Å². The third kappa shape index (κ3) is 8.37. The van der Waals surface area contributed by atoms with Gasteiger partial charge in [0.1, 0.15) is 113 Å². The number of carboxylic acids is 1. The number of phenols is 2. The molecule has 4 aliphatic rings. The molecular weight excluding hydrogens is 912 g/mol. The van der Waals surface area contributed by atoms with Gasteiger partial charge in [0.15, 0.2) is 0 Å². The van der Waals surface area contributed by atoms with Crippen molar-refractivity contribution >= 4 is 41.3 Å². The van der Waals surface area contributed by atoms with E-state index in [9.17, 15) is 111 Å². The maximum atomic E-state index is 14.8. The number of allylic oxidation sites excluding steroid dienone is 4. The first-order chi connectivity index (χ1) is 31.9. The van der Waals surface area contributed by atoms with Crippen molar-refractivity contribution in [3.05, 3.63) is 117 Å². The Bertz CT molecular complexity index is 2400. The summed E-state index contributed by atoms with van der Waals surface area (Å²) in [6, 6.07) is 9.68. The number of ether oxygens (including phenoxy) is 2. The molecule has 2 heterocycles. The van der Waals surface area contributed by atoms with E-state index in [2.05, 4.69) is 0 Å². The highest BCUT2D eigenvalue weighted by atomic mass is 16.6. The predicted octanol–water partition coefficient (Wildman–Crippen LogP) is -3.78. The molecule has 2 aliphatic carbocycles. The third-order valence-corrected chi connectivity index (χ3v) is 11.9. The summed E-state index contributed by atoms with van der Waals surface area (Å²) in [5, 5.41) is 186. The first-order valence-corrected chi connectivity index (χ1v) is 20.0. The number of carbonyl (C=O) groups excluding carboxylic acids is 4. The Labute approximate surface area is 381 Å². The number of phenolic OH excluding ortho intramolecular Hbond substituents is 2. The number of aliphatic hydroxyl groups is 14. The molecule has 0 unspecified atom stereocenters. The van der Waals surface area contributed by atoms with Crippen LogP contribution in [0.1, 0.15) is 11.1 Å². The lowest BCUT2D eigenvalue weighted by molar-refractivity contribution is -0.260. The van der Waals surface area contributed by atoms with Crippen LogP contribution in [0.4, 0.5) is 0 Å². The summed E-state index contributed by atoms with van der Waals surface area (Å²) in [5.74, 6) is -22.2. The highest BCUT2D eigenvalue weighted by Crippen LogP contribution is 2.47. The van der Waals surface area contributed by atoms with Gasteiger partial charge >= 0.3 is 5.97 Å². The first kappa shape index (κ1) is 50.8. The van der Waals surface area contributed by atoms with E-state index in [1.54, 1.807) is 0 Å². The molecule has 24 heteroatoms. The van der Waals surface area contributed by atoms with Gasteiger partial charge in [-0.1, -0.05) is 36.4 Å². The molecule has 0 aromatic heterocycles. The normalized spacial score (nSPS) is 34.8. The van der Waals surface area contributed by atoms with E-state index in [1.165, 1.54) is 48.5 Å². The molecule has 2 fully saturated rings. The molecule has 2 aromatic rings. The van der Waals surface area contributed by atoms with Crippen LogP contribution < -0.4 is 0 Å². The summed E-state index contributed by atoms with van der Waals surface area (Å²) in [5.41, 5.74) is -15.2. The summed E-state index contributed by atoms with van der Waals surface area (Å²) >= 11 is 0. The Morgan fingerprint density at radius 2 is 0.853 bits per heavy atom. The molecule has 12 atom stereocenters. The number of hydrogen-bond donors (Lipinski definition) is 17. The van der Waals surface area contributed by atoms with Crippen molar-refractivity contribution in [1.82, 2.24) is 0 Å². The quantitative estimate of drug-likeness (QED) is 0.0584. The van der Waals surface area contributed by atoms with E-state index in [1.807, 2.05) is 0 Å². The molecule has 2 aliphatic heterocycles. The number of rotatable bonds is 11. The highest BCUT2D eigenvalue weighted by Gasteiger charge is 2.68. The summed E-state index contributed by atoms with van der Waals surface area (Å²) in [4.78, 5) is 72.1. The van der Waals surface area contributed by atoms with Gasteiger partial charge in [0.05, 0.1) is 24.4 Å². The van der Waals surface area contributed by atoms with Gasteiger partial charge in [-0.25, -0.2) is 0 Å². The number of aliphatic carboxylic acids is 1. The number of Topliss-reactive ketones (excluding diaryl/α,β-unsaturated/α-hetero) is 4. The van der Waals surface area contributed by atoms with E-state index in [4.69, 9.17) is 9.47 Å². The molecule has 0 spiro atoms. The summed E-state index contributed by atoms with van der Waals surface area (Å²) in [7, 11) is 0. The standard InChI is InChI=1S/C44H44O24/c45-13-21-28(51)32(55)34(57)40(67-21)43(65)36(59)23(19(49)11-5-15-1-7-17(47)8-2-15)30(53)26(38(43)61)25(42(63)64)27-31(54)24(20(50)12-6-16-3-9-18(48)10-4-16)37(60)44(66,39(27)62)41-35(58)33(56)29(52)22(14-46)68-41/h1-12,21-22,25,28-29,32-35,40-41,45-58,65-66H,13-14H2,(H,63,64)/b11-5+,12-6+,23-19?,24-20?/t21-,22-,25?,28-,29-,32+,33+,34-,35-,40-,41-,43+,44+/m1/s1. The molecule has 0 saturated carbocycles. The van der Waals surface area contributed by atoms with Crippen molar-refractivity contribution in [1.29, 1.82) is 0 Å². The average molecular weight is 957 g/mol. The molecular formula is C44H44O24. The second-order valence-corrected chi connectivity index (χ2v) is 16.0. The maximum absolute atomic E-state index is 14.8. The molecule has 0 radical (unpaired) electrons. The minimum atomic E-state index is -4.19. The summed E-state index contributed by atoms with van der Waals surface area (Å²) in [6.07, 6.45) is -21.5. The average Bonchev–Trinajstić information content (AvgIpc) is 3.30. The number of carbonyl (C=O) groups is 5. The van der Waals surface area contributed by atoms with Gasteiger partial charge in [-0.05, 0) is 47.5 Å². The van der Waals surface area contributed by atoms with Crippen molar-refractivity contribution < 1.29 is 120 Å². The molecule has 68 heavy (non-hydrogen) atoms. The number of benzene rings is 2. The van der Waals surface area contributed by atoms with Crippen LogP contribution in [-0.4, -0.2) is 201 Å². The second kappa shape index (κ2) is 19.2. The fourth-order valence-corrected chi connectivity index (χ4v) is 8.20. The Morgan fingerprint density at radius 3 is 1.15 bits per heavy atom. The minimum absolute atomic E-state index is 0.143. The minimum Gasteiger partial charge on any atom is -0.508 e. The fourth-order valence-electron chi connectivity index (χ4n) is 8.20. The Hall–Kier alpha value is -6.65. The molecule has 17 N–H and O–H groups in total. The van der Waals surface area contributed by atoms with E-state index < -0.39 is 166 Å². The Morgan fingerprint density at radius 1 is 0.529 bits per heavy atom. The van der Waals surface area contributed by atoms with Crippen LogP contribution in [0.25, 0.3) is 12.2 Å². The molecule has 364 valence electrons. The van der Waals surface area contributed by atoms with Gasteiger partial charge < -0.3 is 96.3 Å². The zero-order valence-electron chi connectivity index (χ0n) is 34.7. The second-order valence-electron chi connectivity index (χ2n) is 16.0. The number of ketones is 4. The molecule has 6 rings (SSSR count). The van der Waals surface area contributed by atoms with Crippen molar-refractivity contribution in [2.45, 2.75) is 72.2 Å². The smallest absolute Gasteiger partial charge is 0.316 e. The van der Waals surface area contributed by atoms with Crippen LogP contribution in [0, 0.1) is 5.92 Å². The van der Waals surface area contributed by atoms with Crippen LogP contribution in [-0.2, 0) is 33.4 Å². The predicted molar refractivity (Wildman–Crippen MR) is 221 cm³/mol. The fraction of sp³-hybridized carbons (Fsp3) is 0.341. The molecule has 0 bridgehead atoms. The van der Waals surface area contributed by atoms with Crippen molar-refractivity contribution in [2.75, 3.05) is 13.2 Å². The molecule has 24 nitrogen and oxygen atoms in total. The monoisotopic (exact) mass is 956 g/mol. The van der Waals surface area contributed by atoms with Gasteiger partial charge in [-0.3, -0.25) is 24.0 Å². The van der Waals surface area contributed by atoms with Crippen LogP contribution in [0.5, 0.6) is 11.5 Å². The largest absolute Gasteiger partial charge is 0.508 e. The lowest BCUT2D eigenvalue weighted by atomic mass is 9.64. The van der Waals surface area contributed by atoms with Crippen LogP contribution in [0.2, 0.25) is 0 Å². The number of carboxylic acid groups (broad SMARTS) is 1. The lowest BCUT2D eigenvalue weighted by Crippen LogP contribution is -2.72. The summed E-state index contributed by atoms with van der Waals surface area (Å²) in [6.45, 7) is -2.51. The van der Waals surface area contributed by atoms with Gasteiger partial charge in [-0.2, -0.15) is 0 Å². The maximum Gasteiger partial charge on any atom is 0.316 e. The lowest BCUT2D eigenvalue weighted by Gasteiger charge is -2.48. The zero-order valence-corrected chi connectivity index (χ0v) is 34.7.